The van der Waals surface area contributed by atoms with E-state index in [9.17, 15) is 0 Å². The third-order valence-corrected chi connectivity index (χ3v) is 2.39. The number of nitrogens with two attached hydrogens (primary N) is 1. The van der Waals surface area contributed by atoms with Gasteiger partial charge in [-0.2, -0.15) is 0 Å². The van der Waals surface area contributed by atoms with Gasteiger partial charge < -0.3 is 10.7 Å². The number of nitrogens with zero attached hydrogens (tertiary/aromatic N) is 1. The summed E-state index contributed by atoms with van der Waals surface area (Å²) in [6, 6.07) is 5.76. The summed E-state index contributed by atoms with van der Waals surface area (Å²) in [6.07, 6.45) is 0.900. The molecule has 0 amide bonds. The quantitative estimate of drug-likeness (QED) is 0.734. The molecule has 0 aliphatic rings. The lowest BCUT2D eigenvalue weighted by Gasteiger charge is -1.96. The molecule has 0 radical (unpaired) electrons. The van der Waals surface area contributed by atoms with E-state index in [2.05, 4.69) is 16.9 Å². The Bertz CT molecular complexity index is 487. The van der Waals surface area contributed by atoms with E-state index in [-0.39, 0.29) is 0 Å². The molecule has 2 aromatic rings. The van der Waals surface area contributed by atoms with Gasteiger partial charge in [0, 0.05) is 12.0 Å². The Kier molecular flexibility index (Phi) is 2.21. The first-order valence-corrected chi connectivity index (χ1v) is 4.90. The molecule has 0 spiro atoms. The van der Waals surface area contributed by atoms with E-state index in [1.54, 1.807) is 0 Å². The van der Waals surface area contributed by atoms with E-state index in [0.717, 1.165) is 28.8 Å². The fourth-order valence-electron chi connectivity index (χ4n) is 1.38. The molecule has 0 aliphatic carbocycles. The SMILES string of the molecule is CCc1nc2ccc(C(N)=S)cc2[nH]1. The molecule has 72 valence electrons. The number of aryl methyl sites for hydroxylation is 1. The van der Waals surface area contributed by atoms with Crippen molar-refractivity contribution in [1.82, 2.24) is 9.97 Å². The average Bonchev–Trinajstić information content (AvgIpc) is 2.58. The lowest BCUT2D eigenvalue weighted by atomic mass is 10.2. The third kappa shape index (κ3) is 1.48. The zero-order valence-corrected chi connectivity index (χ0v) is 8.69. The highest BCUT2D eigenvalue weighted by Gasteiger charge is 2.03. The van der Waals surface area contributed by atoms with E-state index in [0.29, 0.717) is 4.99 Å². The number of aromatic nitrogens is 2. The van der Waals surface area contributed by atoms with Crippen molar-refractivity contribution in [1.29, 1.82) is 0 Å². The van der Waals surface area contributed by atoms with Gasteiger partial charge in [-0.1, -0.05) is 19.1 Å². The van der Waals surface area contributed by atoms with Crippen LogP contribution in [0.5, 0.6) is 0 Å². The molecular weight excluding hydrogens is 194 g/mol. The highest BCUT2D eigenvalue weighted by molar-refractivity contribution is 7.80. The fourth-order valence-corrected chi connectivity index (χ4v) is 1.51. The molecule has 0 fully saturated rings. The summed E-state index contributed by atoms with van der Waals surface area (Å²) in [5, 5.41) is 0. The molecule has 1 aromatic heterocycles. The summed E-state index contributed by atoms with van der Waals surface area (Å²) in [5.41, 5.74) is 8.37. The van der Waals surface area contributed by atoms with Crippen LogP contribution in [0.3, 0.4) is 0 Å². The van der Waals surface area contributed by atoms with Crippen LogP contribution in [0.2, 0.25) is 0 Å². The van der Waals surface area contributed by atoms with E-state index in [1.807, 2.05) is 18.2 Å². The van der Waals surface area contributed by atoms with Gasteiger partial charge >= 0.3 is 0 Å². The topological polar surface area (TPSA) is 54.7 Å². The molecule has 0 bridgehead atoms. The van der Waals surface area contributed by atoms with Crippen molar-refractivity contribution in [3.05, 3.63) is 29.6 Å². The van der Waals surface area contributed by atoms with Gasteiger partial charge in [0.15, 0.2) is 0 Å². The van der Waals surface area contributed by atoms with Crippen LogP contribution in [0.1, 0.15) is 18.3 Å². The molecule has 0 unspecified atom stereocenters. The van der Waals surface area contributed by atoms with E-state index in [1.165, 1.54) is 0 Å². The maximum Gasteiger partial charge on any atom is 0.106 e. The monoisotopic (exact) mass is 205 g/mol. The minimum atomic E-state index is 0.416. The highest BCUT2D eigenvalue weighted by atomic mass is 32.1. The number of hydrogen-bond donors (Lipinski definition) is 2. The predicted molar refractivity (Wildman–Crippen MR) is 61.4 cm³/mol. The molecular formula is C10H11N3S. The molecule has 4 heteroatoms. The molecule has 2 rings (SSSR count). The summed E-state index contributed by atoms with van der Waals surface area (Å²) in [6.45, 7) is 2.06. The number of benzene rings is 1. The maximum atomic E-state index is 5.54. The molecule has 1 aromatic carbocycles. The number of fused-ring (bicyclic) bond motifs is 1. The van der Waals surface area contributed by atoms with Crippen LogP contribution in [0.4, 0.5) is 0 Å². The summed E-state index contributed by atoms with van der Waals surface area (Å²) < 4.78 is 0. The van der Waals surface area contributed by atoms with Gasteiger partial charge in [-0.3, -0.25) is 0 Å². The fraction of sp³-hybridized carbons (Fsp3) is 0.200. The molecule has 0 atom stereocenters. The van der Waals surface area contributed by atoms with Crippen molar-refractivity contribution in [3.63, 3.8) is 0 Å². The Hall–Kier alpha value is -1.42. The lowest BCUT2D eigenvalue weighted by molar-refractivity contribution is 1.00. The number of H-pyrrole nitrogens is 1. The molecule has 0 aliphatic heterocycles. The number of hydrogen-bond acceptors (Lipinski definition) is 2. The first-order valence-electron chi connectivity index (χ1n) is 4.49. The first-order chi connectivity index (χ1) is 6.70. The number of aromatic amines is 1. The first kappa shape index (κ1) is 9.15. The normalized spacial score (nSPS) is 10.6. The van der Waals surface area contributed by atoms with Crippen LogP contribution in [-0.4, -0.2) is 15.0 Å². The summed E-state index contributed by atoms with van der Waals surface area (Å²) in [7, 11) is 0. The molecule has 0 saturated heterocycles. The number of imidazole rings is 1. The Labute approximate surface area is 87.3 Å². The van der Waals surface area contributed by atoms with E-state index in [4.69, 9.17) is 18.0 Å². The van der Waals surface area contributed by atoms with Gasteiger partial charge in [-0.15, -0.1) is 0 Å². The summed E-state index contributed by atoms with van der Waals surface area (Å²) >= 11 is 4.90. The predicted octanol–water partition coefficient (Wildman–Crippen LogP) is 1.76. The van der Waals surface area contributed by atoms with Crippen molar-refractivity contribution in [2.24, 2.45) is 5.73 Å². The van der Waals surface area contributed by atoms with Crippen LogP contribution in [-0.2, 0) is 6.42 Å². The largest absolute Gasteiger partial charge is 0.389 e. The van der Waals surface area contributed by atoms with Crippen molar-refractivity contribution in [2.75, 3.05) is 0 Å². The number of rotatable bonds is 2. The van der Waals surface area contributed by atoms with Crippen LogP contribution in [0.25, 0.3) is 11.0 Å². The second-order valence-electron chi connectivity index (χ2n) is 3.13. The molecule has 0 saturated carbocycles. The minimum Gasteiger partial charge on any atom is -0.389 e. The number of thiocarbonyl (C=S) groups is 1. The Balaban J connectivity index is 2.59. The van der Waals surface area contributed by atoms with Crippen LogP contribution >= 0.6 is 12.2 Å². The van der Waals surface area contributed by atoms with Gasteiger partial charge in [0.05, 0.1) is 11.0 Å². The average molecular weight is 205 g/mol. The van der Waals surface area contributed by atoms with Gasteiger partial charge in [-0.25, -0.2) is 4.98 Å². The molecule has 14 heavy (non-hydrogen) atoms. The Morgan fingerprint density at radius 2 is 2.36 bits per heavy atom. The Morgan fingerprint density at radius 1 is 1.57 bits per heavy atom. The van der Waals surface area contributed by atoms with Gasteiger partial charge in [-0.05, 0) is 18.2 Å². The lowest BCUT2D eigenvalue weighted by Crippen LogP contribution is -2.08. The van der Waals surface area contributed by atoms with Crippen molar-refractivity contribution in [2.45, 2.75) is 13.3 Å². The van der Waals surface area contributed by atoms with Crippen LogP contribution in [0, 0.1) is 0 Å². The molecule has 1 heterocycles. The van der Waals surface area contributed by atoms with Crippen molar-refractivity contribution >= 4 is 28.2 Å². The third-order valence-electron chi connectivity index (χ3n) is 2.15. The molecule has 3 nitrogen and oxygen atoms in total. The second kappa shape index (κ2) is 3.38. The smallest absolute Gasteiger partial charge is 0.106 e. The van der Waals surface area contributed by atoms with Crippen molar-refractivity contribution in [3.8, 4) is 0 Å². The Morgan fingerprint density at radius 3 is 3.00 bits per heavy atom. The maximum absolute atomic E-state index is 5.54. The van der Waals surface area contributed by atoms with E-state index >= 15 is 0 Å². The van der Waals surface area contributed by atoms with Crippen LogP contribution < -0.4 is 5.73 Å². The van der Waals surface area contributed by atoms with Crippen LogP contribution in [0.15, 0.2) is 18.2 Å². The van der Waals surface area contributed by atoms with E-state index < -0.39 is 0 Å². The standard InChI is InChI=1S/C10H11N3S/c1-2-9-12-7-4-3-6(10(11)14)5-8(7)13-9/h3-5H,2H2,1H3,(H2,11,14)(H,12,13). The zero-order valence-electron chi connectivity index (χ0n) is 7.87. The number of nitrogens with one attached hydrogen (secondary N) is 1. The summed E-state index contributed by atoms with van der Waals surface area (Å²) in [4.78, 5) is 8.02. The van der Waals surface area contributed by atoms with Crippen molar-refractivity contribution < 1.29 is 0 Å². The zero-order chi connectivity index (χ0) is 10.1. The highest BCUT2D eigenvalue weighted by Crippen LogP contribution is 2.13. The minimum absolute atomic E-state index is 0.416. The van der Waals surface area contributed by atoms with Gasteiger partial charge in [0.1, 0.15) is 10.8 Å². The molecule has 3 N–H and O–H groups in total. The second-order valence-corrected chi connectivity index (χ2v) is 3.57. The van der Waals surface area contributed by atoms with Gasteiger partial charge in [0.2, 0.25) is 0 Å². The summed E-state index contributed by atoms with van der Waals surface area (Å²) in [5.74, 6) is 0.986. The van der Waals surface area contributed by atoms with Gasteiger partial charge in [0.25, 0.3) is 0 Å².